The van der Waals surface area contributed by atoms with Gasteiger partial charge in [-0.25, -0.2) is 0 Å². The summed E-state index contributed by atoms with van der Waals surface area (Å²) in [5.74, 6) is 0.819. The molecule has 0 radical (unpaired) electrons. The number of nitrogens with one attached hydrogen (secondary N) is 1. The van der Waals surface area contributed by atoms with E-state index in [9.17, 15) is 0 Å². The quantitative estimate of drug-likeness (QED) is 0.865. The Balaban J connectivity index is 2.65. The lowest BCUT2D eigenvalue weighted by molar-refractivity contribution is 0.370. The van der Waals surface area contributed by atoms with Crippen LogP contribution < -0.4 is 10.1 Å². The van der Waals surface area contributed by atoms with E-state index in [1.54, 1.807) is 7.11 Å². The van der Waals surface area contributed by atoms with Crippen LogP contribution in [0.1, 0.15) is 27.2 Å². The number of nitrogens with zero attached hydrogens (tertiary/aromatic N) is 1. The molecule has 0 heterocycles. The third-order valence-electron chi connectivity index (χ3n) is 2.40. The maximum Gasteiger partial charge on any atom is 0.119 e. The van der Waals surface area contributed by atoms with E-state index in [4.69, 9.17) is 10.00 Å². The van der Waals surface area contributed by atoms with Gasteiger partial charge in [0, 0.05) is 5.69 Å². The van der Waals surface area contributed by atoms with Gasteiger partial charge in [-0.15, -0.1) is 0 Å². The van der Waals surface area contributed by atoms with E-state index in [0.29, 0.717) is 0 Å². The van der Waals surface area contributed by atoms with Crippen molar-refractivity contribution >= 4 is 5.69 Å². The molecule has 1 atom stereocenters. The van der Waals surface area contributed by atoms with Crippen LogP contribution in [0.5, 0.6) is 5.75 Å². The Morgan fingerprint density at radius 2 is 1.88 bits per heavy atom. The maximum atomic E-state index is 9.11. The van der Waals surface area contributed by atoms with Gasteiger partial charge >= 0.3 is 0 Å². The summed E-state index contributed by atoms with van der Waals surface area (Å²) >= 11 is 0. The molecule has 0 amide bonds. The molecule has 0 bridgehead atoms. The highest BCUT2D eigenvalue weighted by Crippen LogP contribution is 2.23. The van der Waals surface area contributed by atoms with E-state index in [1.165, 1.54) is 0 Å². The van der Waals surface area contributed by atoms with Crippen molar-refractivity contribution in [2.75, 3.05) is 12.4 Å². The minimum Gasteiger partial charge on any atom is -0.497 e. The van der Waals surface area contributed by atoms with Crippen molar-refractivity contribution in [3.05, 3.63) is 24.3 Å². The summed E-state index contributed by atoms with van der Waals surface area (Å²) in [7, 11) is 1.64. The first kappa shape index (κ1) is 13.4. The number of hydrogen-bond donors (Lipinski definition) is 1. The predicted molar refractivity (Wildman–Crippen MR) is 70.1 cm³/mol. The lowest BCUT2D eigenvalue weighted by Gasteiger charge is -2.22. The van der Waals surface area contributed by atoms with E-state index in [1.807, 2.05) is 24.3 Å². The summed E-state index contributed by atoms with van der Waals surface area (Å²) in [4.78, 5) is 0. The van der Waals surface area contributed by atoms with Crippen molar-refractivity contribution in [2.45, 2.75) is 33.2 Å². The first-order valence-electron chi connectivity index (χ1n) is 5.75. The highest BCUT2D eigenvalue weighted by atomic mass is 16.5. The summed E-state index contributed by atoms with van der Waals surface area (Å²) in [6, 6.07) is 9.74. The molecule has 1 N–H and O–H groups in total. The highest BCUT2D eigenvalue weighted by molar-refractivity contribution is 5.48. The summed E-state index contributed by atoms with van der Waals surface area (Å²) in [5.41, 5.74) is 1.08. The fraction of sp³-hybridized carbons (Fsp3) is 0.500. The Labute approximate surface area is 103 Å². The van der Waals surface area contributed by atoms with Gasteiger partial charge in [0.2, 0.25) is 0 Å². The smallest absolute Gasteiger partial charge is 0.119 e. The average Bonchev–Trinajstić information content (AvgIpc) is 2.27. The Morgan fingerprint density at radius 1 is 1.29 bits per heavy atom. The fourth-order valence-electron chi connectivity index (χ4n) is 1.63. The van der Waals surface area contributed by atoms with Crippen LogP contribution in [-0.2, 0) is 0 Å². The van der Waals surface area contributed by atoms with Gasteiger partial charge in [0.15, 0.2) is 0 Å². The number of nitriles is 1. The first-order valence-corrected chi connectivity index (χ1v) is 5.75. The first-order chi connectivity index (χ1) is 7.94. The number of ether oxygens (including phenoxy) is 1. The van der Waals surface area contributed by atoms with E-state index in [-0.39, 0.29) is 11.5 Å². The van der Waals surface area contributed by atoms with Crippen LogP contribution >= 0.6 is 0 Å². The lowest BCUT2D eigenvalue weighted by Crippen LogP contribution is -2.24. The molecule has 92 valence electrons. The zero-order valence-corrected chi connectivity index (χ0v) is 10.9. The van der Waals surface area contributed by atoms with Crippen LogP contribution in [0.4, 0.5) is 5.69 Å². The van der Waals surface area contributed by atoms with E-state index in [0.717, 1.165) is 17.9 Å². The maximum absolute atomic E-state index is 9.11. The number of rotatable bonds is 4. The summed E-state index contributed by atoms with van der Waals surface area (Å²) in [5, 5.41) is 12.3. The zero-order chi connectivity index (χ0) is 12.9. The molecule has 0 aliphatic carbocycles. The second kappa shape index (κ2) is 5.58. The number of anilines is 1. The van der Waals surface area contributed by atoms with E-state index >= 15 is 0 Å². The van der Waals surface area contributed by atoms with Gasteiger partial charge in [0.1, 0.15) is 11.8 Å². The summed E-state index contributed by atoms with van der Waals surface area (Å²) in [6.45, 7) is 6.40. The highest BCUT2D eigenvalue weighted by Gasteiger charge is 2.18. The molecule has 1 rings (SSSR count). The van der Waals surface area contributed by atoms with Gasteiger partial charge in [0.25, 0.3) is 0 Å². The monoisotopic (exact) mass is 232 g/mol. The minimum absolute atomic E-state index is 0.139. The molecule has 0 saturated heterocycles. The van der Waals surface area contributed by atoms with Crippen molar-refractivity contribution in [2.24, 2.45) is 5.41 Å². The van der Waals surface area contributed by atoms with Crippen molar-refractivity contribution in [3.63, 3.8) is 0 Å². The Kier molecular flexibility index (Phi) is 4.39. The Bertz CT molecular complexity index is 384. The normalized spacial score (nSPS) is 12.6. The molecule has 0 spiro atoms. The van der Waals surface area contributed by atoms with Crippen LogP contribution in [0.15, 0.2) is 24.3 Å². The van der Waals surface area contributed by atoms with Crippen molar-refractivity contribution in [1.82, 2.24) is 0 Å². The molecule has 1 aromatic carbocycles. The van der Waals surface area contributed by atoms with Crippen LogP contribution in [-0.4, -0.2) is 13.2 Å². The molecule has 0 aromatic heterocycles. The van der Waals surface area contributed by atoms with Crippen molar-refractivity contribution in [3.8, 4) is 11.8 Å². The minimum atomic E-state index is -0.164. The number of methoxy groups -OCH3 is 1. The molecule has 0 aliphatic heterocycles. The van der Waals surface area contributed by atoms with Crippen molar-refractivity contribution < 1.29 is 4.74 Å². The summed E-state index contributed by atoms with van der Waals surface area (Å²) in [6.07, 6.45) is 0.815. The van der Waals surface area contributed by atoms with Crippen LogP contribution in [0.3, 0.4) is 0 Å². The van der Waals surface area contributed by atoms with Crippen LogP contribution in [0.2, 0.25) is 0 Å². The van der Waals surface area contributed by atoms with Gasteiger partial charge in [-0.2, -0.15) is 5.26 Å². The van der Waals surface area contributed by atoms with E-state index in [2.05, 4.69) is 32.2 Å². The fourth-order valence-corrected chi connectivity index (χ4v) is 1.63. The van der Waals surface area contributed by atoms with Gasteiger partial charge in [-0.3, -0.25) is 0 Å². The molecule has 1 aromatic rings. The molecule has 17 heavy (non-hydrogen) atoms. The van der Waals surface area contributed by atoms with Gasteiger partial charge in [-0.05, 0) is 36.1 Å². The number of hydrogen-bond acceptors (Lipinski definition) is 3. The van der Waals surface area contributed by atoms with Gasteiger partial charge < -0.3 is 10.1 Å². The van der Waals surface area contributed by atoms with E-state index < -0.39 is 0 Å². The molecule has 1 unspecified atom stereocenters. The number of benzene rings is 1. The molecular formula is C14H20N2O. The average molecular weight is 232 g/mol. The molecule has 3 heteroatoms. The van der Waals surface area contributed by atoms with Crippen LogP contribution in [0, 0.1) is 16.7 Å². The topological polar surface area (TPSA) is 45.0 Å². The molecule has 0 aliphatic rings. The molecule has 0 fully saturated rings. The Morgan fingerprint density at radius 3 is 2.29 bits per heavy atom. The standard InChI is InChI=1S/C14H20N2O/c1-14(2,3)9-12(10-15)16-11-5-7-13(17-4)8-6-11/h5-8,12,16H,9H2,1-4H3. The summed E-state index contributed by atoms with van der Waals surface area (Å²) < 4.78 is 5.09. The lowest BCUT2D eigenvalue weighted by atomic mass is 9.88. The third kappa shape index (κ3) is 4.78. The third-order valence-corrected chi connectivity index (χ3v) is 2.40. The van der Waals surface area contributed by atoms with Gasteiger partial charge in [-0.1, -0.05) is 20.8 Å². The largest absolute Gasteiger partial charge is 0.497 e. The van der Waals surface area contributed by atoms with Gasteiger partial charge in [0.05, 0.1) is 13.2 Å². The molecule has 3 nitrogen and oxygen atoms in total. The zero-order valence-electron chi connectivity index (χ0n) is 10.9. The van der Waals surface area contributed by atoms with Crippen molar-refractivity contribution in [1.29, 1.82) is 5.26 Å². The SMILES string of the molecule is COc1ccc(NC(C#N)CC(C)(C)C)cc1. The van der Waals surface area contributed by atoms with Crippen LogP contribution in [0.25, 0.3) is 0 Å². The second-order valence-electron chi connectivity index (χ2n) is 5.32. The second-order valence-corrected chi connectivity index (χ2v) is 5.32. The molecule has 0 saturated carbocycles. The Hall–Kier alpha value is -1.69. The predicted octanol–water partition coefficient (Wildman–Crippen LogP) is 3.44. The molecular weight excluding hydrogens is 212 g/mol.